The first-order valence-electron chi connectivity index (χ1n) is 11.0. The van der Waals surface area contributed by atoms with Gasteiger partial charge in [-0.15, -0.1) is 0 Å². The second kappa shape index (κ2) is 9.38. The molecule has 5 nitrogen and oxygen atoms in total. The molecule has 4 rings (SSSR count). The molecule has 0 atom stereocenters. The summed E-state index contributed by atoms with van der Waals surface area (Å²) in [5.41, 5.74) is -5.81. The number of carbonyl (C=O) groups excluding carboxylic acids is 1. The highest BCUT2D eigenvalue weighted by atomic mass is 32.2. The number of alkyl halides is 6. The van der Waals surface area contributed by atoms with Crippen molar-refractivity contribution >= 4 is 21.5 Å². The number of nitrogens with one attached hydrogen (secondary N) is 1. The van der Waals surface area contributed by atoms with E-state index in [1.165, 1.54) is 36.4 Å². The van der Waals surface area contributed by atoms with Gasteiger partial charge in [0.2, 0.25) is 0 Å². The summed E-state index contributed by atoms with van der Waals surface area (Å²) in [6, 6.07) is 10.2. The van der Waals surface area contributed by atoms with E-state index in [0.29, 0.717) is 25.0 Å². The number of aryl methyl sites for hydroxylation is 1. The lowest BCUT2D eigenvalue weighted by Gasteiger charge is -2.32. The maximum Gasteiger partial charge on any atom is 0.430 e. The van der Waals surface area contributed by atoms with Gasteiger partial charge in [0.15, 0.2) is 0 Å². The van der Waals surface area contributed by atoms with Crippen molar-refractivity contribution in [2.75, 3.05) is 4.72 Å². The van der Waals surface area contributed by atoms with Gasteiger partial charge in [0.1, 0.15) is 11.6 Å². The molecule has 1 aliphatic carbocycles. The zero-order valence-corrected chi connectivity index (χ0v) is 19.9. The summed E-state index contributed by atoms with van der Waals surface area (Å²) < 4.78 is 121. The third kappa shape index (κ3) is 4.99. The Kier molecular flexibility index (Phi) is 6.81. The van der Waals surface area contributed by atoms with Crippen LogP contribution >= 0.6 is 0 Å². The predicted molar refractivity (Wildman–Crippen MR) is 122 cm³/mol. The molecule has 0 saturated carbocycles. The summed E-state index contributed by atoms with van der Waals surface area (Å²) in [7, 11) is -4.05. The zero-order chi connectivity index (χ0) is 28.1. The van der Waals surface area contributed by atoms with E-state index in [0.717, 1.165) is 11.1 Å². The van der Waals surface area contributed by atoms with Crippen LogP contribution in [-0.4, -0.2) is 31.7 Å². The highest BCUT2D eigenvalue weighted by Crippen LogP contribution is 2.50. The van der Waals surface area contributed by atoms with Crippen molar-refractivity contribution in [3.05, 3.63) is 83.2 Å². The molecular weight excluding hydrogens is 543 g/mol. The molecule has 2 N–H and O–H groups in total. The number of fused-ring (bicyclic) bond motifs is 1. The first kappa shape index (κ1) is 27.6. The second-order valence-electron chi connectivity index (χ2n) is 8.73. The van der Waals surface area contributed by atoms with Gasteiger partial charge in [-0.3, -0.25) is 9.52 Å². The van der Waals surface area contributed by atoms with Gasteiger partial charge in [0, 0.05) is 29.7 Å². The quantitative estimate of drug-likeness (QED) is 0.394. The normalized spacial score (nSPS) is 14.8. The number of Topliss-reactive ketones (excluding diaryl/α,β-unsaturated/α-hetero) is 1. The minimum atomic E-state index is -6.16. The lowest BCUT2D eigenvalue weighted by atomic mass is 9.90. The molecule has 13 heteroatoms. The third-order valence-electron chi connectivity index (χ3n) is 6.20. The number of rotatable bonds is 5. The fraction of sp³-hybridized carbons (Fsp3) is 0.240. The maximum absolute atomic E-state index is 14.6. The molecule has 3 aromatic carbocycles. The predicted octanol–water partition coefficient (Wildman–Crippen LogP) is 5.66. The Morgan fingerprint density at radius 1 is 0.789 bits per heavy atom. The molecular formula is C25H18F7NO4S. The summed E-state index contributed by atoms with van der Waals surface area (Å²) in [5.74, 6) is -1.40. The minimum absolute atomic E-state index is 0.0259. The maximum atomic E-state index is 14.6. The third-order valence-corrected chi connectivity index (χ3v) is 7.58. The largest absolute Gasteiger partial charge is 0.430 e. The number of hydrogen-bond acceptors (Lipinski definition) is 4. The molecule has 0 fully saturated rings. The minimum Gasteiger partial charge on any atom is -0.369 e. The van der Waals surface area contributed by atoms with E-state index in [9.17, 15) is 49.1 Å². The van der Waals surface area contributed by atoms with Crippen LogP contribution in [0.1, 0.15) is 23.1 Å². The van der Waals surface area contributed by atoms with Crippen LogP contribution in [0.3, 0.4) is 0 Å². The van der Waals surface area contributed by atoms with E-state index in [1.807, 2.05) is 0 Å². The molecule has 0 bridgehead atoms. The summed E-state index contributed by atoms with van der Waals surface area (Å²) in [4.78, 5) is 11.5. The Hall–Kier alpha value is -3.45. The van der Waals surface area contributed by atoms with E-state index in [1.54, 1.807) is 6.07 Å². The summed E-state index contributed by atoms with van der Waals surface area (Å²) in [6.45, 7) is 0. The number of carbonyl (C=O) groups is 1. The number of sulfonamides is 1. The van der Waals surface area contributed by atoms with Crippen LogP contribution in [0, 0.1) is 5.82 Å². The monoisotopic (exact) mass is 561 g/mol. The zero-order valence-electron chi connectivity index (χ0n) is 19.1. The lowest BCUT2D eigenvalue weighted by molar-refractivity contribution is -0.376. The second-order valence-corrected chi connectivity index (χ2v) is 10.4. The molecule has 0 amide bonds. The molecule has 3 aromatic rings. The fourth-order valence-electron chi connectivity index (χ4n) is 4.14. The van der Waals surface area contributed by atoms with Crippen LogP contribution in [0.25, 0.3) is 11.1 Å². The molecule has 0 aromatic heterocycles. The van der Waals surface area contributed by atoms with Gasteiger partial charge in [0.05, 0.1) is 4.90 Å². The molecule has 38 heavy (non-hydrogen) atoms. The number of aliphatic hydroxyl groups is 1. The van der Waals surface area contributed by atoms with Crippen LogP contribution in [0.5, 0.6) is 0 Å². The van der Waals surface area contributed by atoms with Crippen molar-refractivity contribution in [1.82, 2.24) is 0 Å². The average molecular weight is 561 g/mol. The van der Waals surface area contributed by atoms with Gasteiger partial charge in [0.25, 0.3) is 15.6 Å². The molecule has 0 saturated heterocycles. The Balaban J connectivity index is 1.57. The average Bonchev–Trinajstić information content (AvgIpc) is 2.82. The number of hydrogen-bond donors (Lipinski definition) is 2. The Morgan fingerprint density at radius 3 is 2.00 bits per heavy atom. The van der Waals surface area contributed by atoms with Gasteiger partial charge in [-0.05, 0) is 53.4 Å². The van der Waals surface area contributed by atoms with E-state index in [4.69, 9.17) is 0 Å². The molecule has 0 aliphatic heterocycles. The van der Waals surface area contributed by atoms with E-state index in [2.05, 4.69) is 4.72 Å². The first-order valence-corrected chi connectivity index (χ1v) is 12.4. The highest BCUT2D eigenvalue weighted by molar-refractivity contribution is 7.92. The smallest absolute Gasteiger partial charge is 0.369 e. The Labute approximate surface area is 212 Å². The van der Waals surface area contributed by atoms with Gasteiger partial charge < -0.3 is 5.11 Å². The van der Waals surface area contributed by atoms with Crippen LogP contribution in [0.4, 0.5) is 36.4 Å². The topological polar surface area (TPSA) is 83.5 Å². The van der Waals surface area contributed by atoms with Crippen molar-refractivity contribution in [3.8, 4) is 11.1 Å². The molecule has 0 radical (unpaired) electrons. The van der Waals surface area contributed by atoms with Crippen molar-refractivity contribution in [3.63, 3.8) is 0 Å². The number of ketones is 1. The lowest BCUT2D eigenvalue weighted by Crippen LogP contribution is -2.53. The first-order chi connectivity index (χ1) is 17.5. The van der Waals surface area contributed by atoms with Crippen molar-refractivity contribution < 1.29 is 49.1 Å². The Bertz CT molecular complexity index is 1480. The summed E-state index contributed by atoms with van der Waals surface area (Å²) in [5, 5.41) is 9.46. The van der Waals surface area contributed by atoms with Crippen LogP contribution in [-0.2, 0) is 33.3 Å². The standard InChI is InChI=1S/C25H18F7NO4S/c26-22-13-17(23(35,24(27,28)29)25(30,31)32)5-10-21(22)14-1-6-18(7-2-14)33-38(36,37)20-9-4-15-11-19(34)8-3-16(15)12-20/h1-2,4-7,9-10,12-13,33,35H,3,8,11H2. The fourth-order valence-corrected chi connectivity index (χ4v) is 5.25. The van der Waals surface area contributed by atoms with E-state index < -0.39 is 39.4 Å². The molecule has 0 spiro atoms. The van der Waals surface area contributed by atoms with Gasteiger partial charge in [-0.25, -0.2) is 12.8 Å². The van der Waals surface area contributed by atoms with E-state index >= 15 is 0 Å². The van der Waals surface area contributed by atoms with Gasteiger partial charge in [-0.1, -0.05) is 30.3 Å². The summed E-state index contributed by atoms with van der Waals surface area (Å²) in [6.07, 6.45) is -11.4. The molecule has 0 unspecified atom stereocenters. The Morgan fingerprint density at radius 2 is 1.42 bits per heavy atom. The number of benzene rings is 3. The van der Waals surface area contributed by atoms with Crippen LogP contribution in [0.2, 0.25) is 0 Å². The van der Waals surface area contributed by atoms with Crippen molar-refractivity contribution in [2.45, 2.75) is 42.1 Å². The van der Waals surface area contributed by atoms with Crippen molar-refractivity contribution in [2.24, 2.45) is 0 Å². The number of anilines is 1. The molecule has 202 valence electrons. The molecule has 1 aliphatic rings. The van der Waals surface area contributed by atoms with Gasteiger partial charge in [-0.2, -0.15) is 26.3 Å². The van der Waals surface area contributed by atoms with Crippen LogP contribution in [0.15, 0.2) is 65.6 Å². The SMILES string of the molecule is O=C1CCc2cc(S(=O)(=O)Nc3ccc(-c4ccc(C(O)(C(F)(F)F)C(F)(F)F)cc4F)cc3)ccc2C1. The van der Waals surface area contributed by atoms with Crippen LogP contribution < -0.4 is 4.72 Å². The number of halogens is 7. The summed E-state index contributed by atoms with van der Waals surface area (Å²) >= 11 is 0. The highest BCUT2D eigenvalue weighted by Gasteiger charge is 2.71. The van der Waals surface area contributed by atoms with Crippen molar-refractivity contribution in [1.29, 1.82) is 0 Å². The molecule has 0 heterocycles. The van der Waals surface area contributed by atoms with E-state index in [-0.39, 0.29) is 40.0 Å². The van der Waals surface area contributed by atoms with Gasteiger partial charge >= 0.3 is 12.4 Å².